The molecule has 0 bridgehead atoms. The van der Waals surface area contributed by atoms with E-state index in [-0.39, 0.29) is 23.6 Å². The summed E-state index contributed by atoms with van der Waals surface area (Å²) in [6.45, 7) is 4.83. The second kappa shape index (κ2) is 9.50. The van der Waals surface area contributed by atoms with Crippen LogP contribution in [0.1, 0.15) is 35.9 Å². The predicted octanol–water partition coefficient (Wildman–Crippen LogP) is 5.11. The molecule has 2 aromatic carbocycles. The minimum absolute atomic E-state index is 0.0169. The Balaban J connectivity index is 1.79. The summed E-state index contributed by atoms with van der Waals surface area (Å²) in [5, 5.41) is 22.9. The molecular formula is C26H25NO5S. The van der Waals surface area contributed by atoms with E-state index in [0.717, 1.165) is 4.88 Å². The number of Topliss-reactive ketones (excluding diaryl/α,β-unsaturated/α-hetero) is 1. The number of benzene rings is 2. The summed E-state index contributed by atoms with van der Waals surface area (Å²) in [4.78, 5) is 28.5. The molecule has 1 aromatic heterocycles. The molecule has 2 heterocycles. The van der Waals surface area contributed by atoms with Gasteiger partial charge < -0.3 is 19.8 Å². The second-order valence-corrected chi connectivity index (χ2v) is 9.36. The maximum Gasteiger partial charge on any atom is 0.295 e. The third-order valence-electron chi connectivity index (χ3n) is 5.35. The second-order valence-electron chi connectivity index (χ2n) is 8.33. The van der Waals surface area contributed by atoms with Crippen molar-refractivity contribution >= 4 is 28.8 Å². The molecule has 1 saturated heterocycles. The summed E-state index contributed by atoms with van der Waals surface area (Å²) in [5.74, 6) is -0.689. The fourth-order valence-corrected chi connectivity index (χ4v) is 4.47. The molecule has 170 valence electrons. The zero-order valence-corrected chi connectivity index (χ0v) is 19.2. The van der Waals surface area contributed by atoms with Crippen LogP contribution in [0.15, 0.2) is 71.6 Å². The lowest BCUT2D eigenvalue weighted by molar-refractivity contribution is -0.140. The number of thiophene rings is 1. The molecule has 7 heteroatoms. The quantitative estimate of drug-likeness (QED) is 0.289. The largest absolute Gasteiger partial charge is 0.508 e. The van der Waals surface area contributed by atoms with Crippen LogP contribution in [0.2, 0.25) is 0 Å². The maximum absolute atomic E-state index is 13.1. The summed E-state index contributed by atoms with van der Waals surface area (Å²) in [5.41, 5.74) is 1.04. The highest BCUT2D eigenvalue weighted by molar-refractivity contribution is 7.09. The maximum atomic E-state index is 13.1. The third kappa shape index (κ3) is 4.78. The highest BCUT2D eigenvalue weighted by Gasteiger charge is 2.46. The topological polar surface area (TPSA) is 87.1 Å². The van der Waals surface area contributed by atoms with Crippen LogP contribution in [0, 0.1) is 5.92 Å². The molecule has 1 unspecified atom stereocenters. The molecule has 1 fully saturated rings. The van der Waals surface area contributed by atoms with Gasteiger partial charge in [-0.15, -0.1) is 11.3 Å². The van der Waals surface area contributed by atoms with Gasteiger partial charge in [0.25, 0.3) is 11.7 Å². The molecule has 2 N–H and O–H groups in total. The molecule has 0 radical (unpaired) electrons. The van der Waals surface area contributed by atoms with Crippen LogP contribution in [-0.4, -0.2) is 33.4 Å². The van der Waals surface area contributed by atoms with Crippen LogP contribution in [0.5, 0.6) is 11.5 Å². The van der Waals surface area contributed by atoms with Crippen LogP contribution in [-0.2, 0) is 16.1 Å². The Bertz CT molecular complexity index is 1180. The van der Waals surface area contributed by atoms with Crippen molar-refractivity contribution in [1.82, 2.24) is 4.90 Å². The molecule has 3 aromatic rings. The van der Waals surface area contributed by atoms with E-state index in [1.807, 2.05) is 31.4 Å². The first-order valence-corrected chi connectivity index (χ1v) is 11.6. The normalized spacial score (nSPS) is 17.7. The van der Waals surface area contributed by atoms with Crippen molar-refractivity contribution in [2.75, 3.05) is 6.61 Å². The van der Waals surface area contributed by atoms with Gasteiger partial charge in [0.2, 0.25) is 0 Å². The van der Waals surface area contributed by atoms with E-state index >= 15 is 0 Å². The number of carbonyl (C=O) groups excluding carboxylic acids is 2. The van der Waals surface area contributed by atoms with E-state index < -0.39 is 17.7 Å². The van der Waals surface area contributed by atoms with Crippen molar-refractivity contribution in [3.8, 4) is 11.5 Å². The average Bonchev–Trinajstić information content (AvgIpc) is 3.40. The van der Waals surface area contributed by atoms with Gasteiger partial charge in [-0.05, 0) is 47.2 Å². The van der Waals surface area contributed by atoms with Crippen LogP contribution in [0.25, 0.3) is 5.76 Å². The Morgan fingerprint density at radius 2 is 1.85 bits per heavy atom. The van der Waals surface area contributed by atoms with Gasteiger partial charge in [0.1, 0.15) is 17.3 Å². The molecule has 0 aliphatic carbocycles. The summed E-state index contributed by atoms with van der Waals surface area (Å²) in [6, 6.07) is 16.2. The van der Waals surface area contributed by atoms with Gasteiger partial charge >= 0.3 is 0 Å². The van der Waals surface area contributed by atoms with E-state index in [0.29, 0.717) is 29.4 Å². The number of nitrogens with zero attached hydrogens (tertiary/aromatic N) is 1. The van der Waals surface area contributed by atoms with Gasteiger partial charge in [-0.1, -0.05) is 44.2 Å². The molecule has 1 atom stereocenters. The highest BCUT2D eigenvalue weighted by Crippen LogP contribution is 2.41. The van der Waals surface area contributed by atoms with Crippen LogP contribution >= 0.6 is 11.3 Å². The Labute approximate surface area is 196 Å². The molecule has 4 rings (SSSR count). The smallest absolute Gasteiger partial charge is 0.295 e. The van der Waals surface area contributed by atoms with Gasteiger partial charge in [-0.3, -0.25) is 9.59 Å². The third-order valence-corrected chi connectivity index (χ3v) is 6.21. The number of carbonyl (C=O) groups is 2. The number of likely N-dealkylation sites (tertiary alicyclic amines) is 1. The average molecular weight is 464 g/mol. The Morgan fingerprint density at radius 1 is 1.09 bits per heavy atom. The van der Waals surface area contributed by atoms with Crippen molar-refractivity contribution in [2.45, 2.75) is 26.4 Å². The minimum Gasteiger partial charge on any atom is -0.508 e. The SMILES string of the molecule is CC(C)COc1cccc(/C(O)=C2/C(=O)C(=O)N(Cc3cccs3)C2c2ccc(O)cc2)c1. The number of amides is 1. The van der Waals surface area contributed by atoms with E-state index in [1.54, 1.807) is 36.4 Å². The summed E-state index contributed by atoms with van der Waals surface area (Å²) in [6.07, 6.45) is 0. The Morgan fingerprint density at radius 3 is 2.52 bits per heavy atom. The number of phenols is 1. The fourth-order valence-electron chi connectivity index (χ4n) is 3.77. The number of ketones is 1. The molecule has 0 spiro atoms. The van der Waals surface area contributed by atoms with Crippen molar-refractivity contribution in [2.24, 2.45) is 5.92 Å². The monoisotopic (exact) mass is 463 g/mol. The Kier molecular flexibility index (Phi) is 6.51. The van der Waals surface area contributed by atoms with E-state index in [4.69, 9.17) is 4.74 Å². The zero-order chi connectivity index (χ0) is 23.5. The number of phenolic OH excluding ortho intramolecular Hbond substituents is 1. The van der Waals surface area contributed by atoms with Gasteiger partial charge in [-0.25, -0.2) is 0 Å². The number of rotatable bonds is 7. The standard InChI is InChI=1S/C26H25NO5S/c1-16(2)15-32-20-6-3-5-18(13-20)24(29)22-23(17-8-10-19(28)11-9-17)27(26(31)25(22)30)14-21-7-4-12-33-21/h3-13,16,23,28-29H,14-15H2,1-2H3/b24-22-. The summed E-state index contributed by atoms with van der Waals surface area (Å²) < 4.78 is 5.76. The van der Waals surface area contributed by atoms with Crippen molar-refractivity contribution in [1.29, 1.82) is 0 Å². The number of hydrogen-bond acceptors (Lipinski definition) is 6. The lowest BCUT2D eigenvalue weighted by Gasteiger charge is -2.25. The fraction of sp³-hybridized carbons (Fsp3) is 0.231. The minimum atomic E-state index is -0.784. The van der Waals surface area contributed by atoms with Crippen LogP contribution < -0.4 is 4.74 Å². The summed E-state index contributed by atoms with van der Waals surface area (Å²) >= 11 is 1.49. The van der Waals surface area contributed by atoms with E-state index in [9.17, 15) is 19.8 Å². The lowest BCUT2D eigenvalue weighted by Crippen LogP contribution is -2.28. The molecule has 1 aliphatic rings. The van der Waals surface area contributed by atoms with Crippen LogP contribution in [0.3, 0.4) is 0 Å². The first kappa shape index (κ1) is 22.6. The molecule has 1 amide bonds. The van der Waals surface area contributed by atoms with Gasteiger partial charge in [0, 0.05) is 10.4 Å². The number of hydrogen-bond donors (Lipinski definition) is 2. The first-order chi connectivity index (χ1) is 15.8. The number of aliphatic hydroxyl groups is 1. The number of ether oxygens (including phenoxy) is 1. The summed E-state index contributed by atoms with van der Waals surface area (Å²) in [7, 11) is 0. The molecule has 1 aliphatic heterocycles. The van der Waals surface area contributed by atoms with E-state index in [1.165, 1.54) is 28.4 Å². The number of aromatic hydroxyl groups is 1. The lowest BCUT2D eigenvalue weighted by atomic mass is 9.95. The molecule has 33 heavy (non-hydrogen) atoms. The predicted molar refractivity (Wildman–Crippen MR) is 127 cm³/mol. The molecule has 0 saturated carbocycles. The Hall–Kier alpha value is -3.58. The first-order valence-electron chi connectivity index (χ1n) is 10.7. The number of aliphatic hydroxyl groups excluding tert-OH is 1. The van der Waals surface area contributed by atoms with Gasteiger partial charge in [0.05, 0.1) is 24.8 Å². The van der Waals surface area contributed by atoms with Crippen molar-refractivity contribution in [3.63, 3.8) is 0 Å². The zero-order valence-electron chi connectivity index (χ0n) is 18.4. The van der Waals surface area contributed by atoms with Gasteiger partial charge in [-0.2, -0.15) is 0 Å². The van der Waals surface area contributed by atoms with E-state index in [2.05, 4.69) is 0 Å². The highest BCUT2D eigenvalue weighted by atomic mass is 32.1. The van der Waals surface area contributed by atoms with Crippen LogP contribution in [0.4, 0.5) is 0 Å². The van der Waals surface area contributed by atoms with Crippen molar-refractivity contribution < 1.29 is 24.5 Å². The van der Waals surface area contributed by atoms with Gasteiger partial charge in [0.15, 0.2) is 0 Å². The molecular weight excluding hydrogens is 438 g/mol. The van der Waals surface area contributed by atoms with Crippen molar-refractivity contribution in [3.05, 3.63) is 87.6 Å². The molecule has 6 nitrogen and oxygen atoms in total.